The van der Waals surface area contributed by atoms with Gasteiger partial charge in [-0.25, -0.2) is 0 Å². The highest BCUT2D eigenvalue weighted by Crippen LogP contribution is 2.37. The van der Waals surface area contributed by atoms with E-state index in [1.165, 1.54) is 243 Å². The summed E-state index contributed by atoms with van der Waals surface area (Å²) in [5, 5.41) is 7.32. The fourth-order valence-corrected chi connectivity index (χ4v) is 17.0. The molecule has 6 unspecified atom stereocenters. The molecule has 636 valence electrons. The zero-order valence-electron chi connectivity index (χ0n) is 76.4. The normalized spacial score (nSPS) is 10.7. The van der Waals surface area contributed by atoms with E-state index < -0.39 is 0 Å². The predicted octanol–water partition coefficient (Wildman–Crippen LogP) is 31.4. The van der Waals surface area contributed by atoms with Gasteiger partial charge >= 0.3 is 0 Å². The van der Waals surface area contributed by atoms with Crippen LogP contribution in [0, 0.1) is 96.9 Å². The van der Waals surface area contributed by atoms with Gasteiger partial charge in [-0.15, -0.1) is 55.4 Å². The van der Waals surface area contributed by atoms with Gasteiger partial charge in [0, 0.05) is 0 Å². The molecule has 0 fully saturated rings. The largest absolute Gasteiger partial charge is 0.106 e. The summed E-state index contributed by atoms with van der Waals surface area (Å²) in [5.74, 6) is 0. The molecule has 0 bridgehead atoms. The van der Waals surface area contributed by atoms with Crippen molar-refractivity contribution in [3.63, 3.8) is 0 Å². The lowest BCUT2D eigenvalue weighted by atomic mass is 9.95. The summed E-state index contributed by atoms with van der Waals surface area (Å²) in [7, 11) is 16.4. The van der Waals surface area contributed by atoms with Crippen molar-refractivity contribution in [1.29, 1.82) is 0 Å². The van der Waals surface area contributed by atoms with Gasteiger partial charge in [0.25, 0.3) is 0 Å². The fourth-order valence-electron chi connectivity index (χ4n) is 15.8. The molecule has 18 aromatic carbocycles. The molecule has 0 saturated heterocycles. The minimum Gasteiger partial charge on any atom is -0.106 e. The van der Waals surface area contributed by atoms with Crippen LogP contribution in [0.5, 0.6) is 0 Å². The van der Waals surface area contributed by atoms with Gasteiger partial charge in [0.05, 0.1) is 0 Å². The van der Waals surface area contributed by atoms with E-state index in [2.05, 4.69) is 541 Å². The third-order valence-electron chi connectivity index (χ3n) is 23.5. The number of rotatable bonds is 12. The second kappa shape index (κ2) is 44.5. The molecule has 0 radical (unpaired) electrons. The molecule has 0 aliphatic rings. The molecule has 0 aliphatic carbocycles. The van der Waals surface area contributed by atoms with Crippen molar-refractivity contribution >= 4 is 87.3 Å². The van der Waals surface area contributed by atoms with Crippen LogP contribution < -0.4 is 31.8 Å². The van der Waals surface area contributed by atoms with E-state index in [-0.39, 0.29) is 0 Å². The van der Waals surface area contributed by atoms with Crippen LogP contribution in [0.2, 0.25) is 0 Å². The molecule has 0 aliphatic heterocycles. The number of aryl methyl sites for hydroxylation is 14. The van der Waals surface area contributed by atoms with Gasteiger partial charge in [-0.05, 0) is 349 Å². The molecular weight excluding hydrogens is 1650 g/mol. The smallest absolute Gasteiger partial charge is 0.0149 e. The maximum absolute atomic E-state index is 2.79. The summed E-state index contributed by atoms with van der Waals surface area (Å²) in [6.45, 7) is 30.1. The van der Waals surface area contributed by atoms with E-state index >= 15 is 0 Å². The Morgan fingerprint density at radius 3 is 0.688 bits per heavy atom. The lowest BCUT2D eigenvalue weighted by molar-refractivity contribution is 1.34. The Balaban J connectivity index is 0.000000131. The minimum atomic E-state index is 1.21. The molecule has 18 aromatic rings. The van der Waals surface area contributed by atoms with E-state index in [1.54, 1.807) is 0 Å². The maximum atomic E-state index is 2.79. The van der Waals surface area contributed by atoms with Gasteiger partial charge in [0.2, 0.25) is 0 Å². The fraction of sp³-hybridized carbons (Fsp3) is 0.115. The number of hydrogen-bond donors (Lipinski definition) is 0. The van der Waals surface area contributed by atoms with Crippen LogP contribution in [0.25, 0.3) is 134 Å². The first kappa shape index (κ1) is 94.2. The first-order valence-corrected chi connectivity index (χ1v) is 47.3. The highest BCUT2D eigenvalue weighted by molar-refractivity contribution is 7.28. The Morgan fingerprint density at radius 2 is 0.352 bits per heavy atom. The topological polar surface area (TPSA) is 0 Å². The average molecular weight is 1770 g/mol. The number of hydrogen-bond acceptors (Lipinski definition) is 0. The molecule has 0 saturated carbocycles. The monoisotopic (exact) mass is 1770 g/mol. The highest BCUT2D eigenvalue weighted by Gasteiger charge is 2.13. The quantitative estimate of drug-likeness (QED) is 0.107. The third kappa shape index (κ3) is 25.9. The van der Waals surface area contributed by atoms with Crippen LogP contribution in [-0.4, -0.2) is 0 Å². The second-order valence-corrected chi connectivity index (χ2v) is 38.1. The van der Waals surface area contributed by atoms with E-state index in [0.717, 1.165) is 0 Å². The Kier molecular flexibility index (Phi) is 32.7. The zero-order valence-corrected chi connectivity index (χ0v) is 83.3. The molecule has 0 heterocycles. The molecule has 0 aromatic heterocycles. The van der Waals surface area contributed by atoms with Gasteiger partial charge in [-0.3, -0.25) is 0 Å². The van der Waals surface area contributed by atoms with Crippen molar-refractivity contribution in [3.8, 4) is 134 Å². The van der Waals surface area contributed by atoms with Crippen LogP contribution in [0.15, 0.2) is 388 Å². The summed E-state index contributed by atoms with van der Waals surface area (Å²) in [4.78, 5) is 0. The molecule has 6 heteroatoms. The molecule has 0 nitrogen and oxygen atoms in total. The lowest BCUT2D eigenvalue weighted by Gasteiger charge is -2.10. The van der Waals surface area contributed by atoms with Crippen LogP contribution >= 0.6 is 55.4 Å². The van der Waals surface area contributed by atoms with Gasteiger partial charge in [-0.2, -0.15) is 0 Å². The van der Waals surface area contributed by atoms with Crippen molar-refractivity contribution in [2.45, 2.75) is 96.9 Å². The Bertz CT molecular complexity index is 6620. The van der Waals surface area contributed by atoms with Crippen LogP contribution in [0.1, 0.15) is 77.9 Å². The van der Waals surface area contributed by atoms with Gasteiger partial charge in [0.1, 0.15) is 0 Å². The second-order valence-electron chi connectivity index (χ2n) is 34.1. The highest BCUT2D eigenvalue weighted by atomic mass is 31.0. The van der Waals surface area contributed by atoms with Crippen LogP contribution in [-0.2, 0) is 0 Å². The van der Waals surface area contributed by atoms with Crippen molar-refractivity contribution < 1.29 is 0 Å². The standard InChI is InChI=1S/2C21H21P.4C20H19P/c1-14-10-19(17-6-8-21(22)9-7-17)13-20(11-14)18-5-4-15(2)16(3)12-18;1-14-7-9-20(15(2)11-14)19-6-4-5-17(13-19)18-8-10-21(22)16(3)12-18;1-14-3-6-17(7-4-14)20-13-18(8-5-15(20)2)16-9-11-19(21)12-10-16;1-14-3-6-16(7-4-14)18-8-5-15(2)20(13-18)17-9-11-19(21)12-10-17;1-14-3-5-16(6-4-14)18-11-15(2)12-19(13-18)17-7-9-20(21)10-8-17;1-14-6-11-20(15(2)12-14)18-5-3-4-17(13-18)16-7-9-19(21)10-8-16/h2*4-13H,22H2,1-3H3;4*3-13H,21H2,1-2H3. The van der Waals surface area contributed by atoms with Crippen molar-refractivity contribution in [1.82, 2.24) is 0 Å². The molecule has 18 rings (SSSR count). The Morgan fingerprint density at radius 1 is 0.117 bits per heavy atom. The summed E-state index contributed by atoms with van der Waals surface area (Å²) in [5.41, 5.74) is 49.0. The molecule has 128 heavy (non-hydrogen) atoms. The van der Waals surface area contributed by atoms with Crippen molar-refractivity contribution in [2.24, 2.45) is 0 Å². The molecule has 0 spiro atoms. The number of benzene rings is 18. The zero-order chi connectivity index (χ0) is 90.7. The van der Waals surface area contributed by atoms with Crippen LogP contribution in [0.3, 0.4) is 0 Å². The summed E-state index contributed by atoms with van der Waals surface area (Å²) in [6, 6.07) is 140. The summed E-state index contributed by atoms with van der Waals surface area (Å²) < 4.78 is 0. The summed E-state index contributed by atoms with van der Waals surface area (Å²) in [6.07, 6.45) is 0. The van der Waals surface area contributed by atoms with Gasteiger partial charge in [-0.1, -0.05) is 380 Å². The lowest BCUT2D eigenvalue weighted by Crippen LogP contribution is -1.95. The van der Waals surface area contributed by atoms with Gasteiger partial charge in [0.15, 0.2) is 0 Å². The first-order chi connectivity index (χ1) is 61.6. The maximum Gasteiger partial charge on any atom is -0.0149 e. The Hall–Kier alpha value is -11.5. The SMILES string of the molecule is Cc1cc(-c2ccc(P)cc2)cc(-c2ccc(C)c(C)c2)c1.Cc1ccc(-c2cc(-c3ccc(P)cc3)ccc2C)cc1.Cc1ccc(-c2cc(C)cc(-c3ccc(P)cc3)c2)cc1.Cc1ccc(-c2ccc(C)c(-c3ccc(P)cc3)c2)cc1.Cc1ccc(-c2cccc(-c3ccc(P)c(C)c3)c2)c(C)c1.Cc1ccc(-c2cccc(-c3ccc(P)cc3)c2)c(C)c1. The van der Waals surface area contributed by atoms with E-state index in [0.29, 0.717) is 0 Å². The third-order valence-corrected chi connectivity index (χ3v) is 26.1. The van der Waals surface area contributed by atoms with E-state index in [1.807, 2.05) is 0 Å². The van der Waals surface area contributed by atoms with E-state index in [9.17, 15) is 0 Å². The summed E-state index contributed by atoms with van der Waals surface area (Å²) >= 11 is 0. The Labute approximate surface area is 778 Å². The molecule has 0 amide bonds. The minimum absolute atomic E-state index is 1.21. The molecule has 6 atom stereocenters. The van der Waals surface area contributed by atoms with Crippen molar-refractivity contribution in [2.75, 3.05) is 0 Å². The molecular formula is C122H118P6. The molecule has 0 N–H and O–H groups in total. The van der Waals surface area contributed by atoms with Gasteiger partial charge < -0.3 is 0 Å². The predicted molar refractivity (Wildman–Crippen MR) is 586 cm³/mol. The van der Waals surface area contributed by atoms with Crippen LogP contribution in [0.4, 0.5) is 0 Å². The van der Waals surface area contributed by atoms with E-state index in [4.69, 9.17) is 0 Å². The van der Waals surface area contributed by atoms with Crippen molar-refractivity contribution in [3.05, 3.63) is 466 Å². The average Bonchev–Trinajstić information content (AvgIpc) is 0.831. The first-order valence-electron chi connectivity index (χ1n) is 43.8.